The van der Waals surface area contributed by atoms with E-state index in [9.17, 15) is 4.79 Å². The molecule has 0 aliphatic heterocycles. The van der Waals surface area contributed by atoms with Crippen molar-refractivity contribution in [2.24, 2.45) is 5.41 Å². The van der Waals surface area contributed by atoms with E-state index in [1.165, 1.54) is 5.56 Å². The Morgan fingerprint density at radius 2 is 1.84 bits per heavy atom. The molecule has 0 aliphatic rings. The minimum Gasteiger partial charge on any atom is -0.354 e. The highest BCUT2D eigenvalue weighted by atomic mass is 35.5. The largest absolute Gasteiger partial charge is 0.354 e. The van der Waals surface area contributed by atoms with Crippen LogP contribution < -0.4 is 5.32 Å². The summed E-state index contributed by atoms with van der Waals surface area (Å²) in [4.78, 5) is 11.8. The van der Waals surface area contributed by atoms with Crippen LogP contribution >= 0.6 is 11.6 Å². The predicted octanol–water partition coefficient (Wildman–Crippen LogP) is 3.70. The quantitative estimate of drug-likeness (QED) is 0.819. The third kappa shape index (κ3) is 7.22. The van der Waals surface area contributed by atoms with E-state index in [2.05, 4.69) is 26.1 Å². The van der Waals surface area contributed by atoms with Gasteiger partial charge in [-0.3, -0.25) is 4.79 Å². The van der Waals surface area contributed by atoms with Gasteiger partial charge >= 0.3 is 0 Å². The van der Waals surface area contributed by atoms with Crippen LogP contribution in [0.15, 0.2) is 24.3 Å². The van der Waals surface area contributed by atoms with Gasteiger partial charge in [0.05, 0.1) is 11.8 Å². The molecule has 1 amide bonds. The summed E-state index contributed by atoms with van der Waals surface area (Å²) >= 11 is 6.22. The summed E-state index contributed by atoms with van der Waals surface area (Å²) < 4.78 is 0. The van der Waals surface area contributed by atoms with Crippen molar-refractivity contribution in [1.29, 1.82) is 0 Å². The zero-order valence-electron chi connectivity index (χ0n) is 12.3. The van der Waals surface area contributed by atoms with Crippen LogP contribution in [0.5, 0.6) is 0 Å². The fraction of sp³-hybridized carbons (Fsp3) is 0.562. The Balaban J connectivity index is 2.34. The maximum absolute atomic E-state index is 11.8. The maximum Gasteiger partial charge on any atom is 0.224 e. The second-order valence-electron chi connectivity index (χ2n) is 6.33. The number of hydrogen-bond donors (Lipinski definition) is 1. The lowest BCUT2D eigenvalue weighted by Gasteiger charge is -2.22. The number of halogens is 1. The van der Waals surface area contributed by atoms with Crippen LogP contribution in [0.1, 0.15) is 38.3 Å². The van der Waals surface area contributed by atoms with Crippen molar-refractivity contribution in [1.82, 2.24) is 5.32 Å². The normalized spacial score (nSPS) is 13.1. The Labute approximate surface area is 121 Å². The molecule has 0 aliphatic carbocycles. The molecular formula is C16H24ClNO. The highest BCUT2D eigenvalue weighted by Crippen LogP contribution is 2.23. The molecule has 0 heterocycles. The highest BCUT2D eigenvalue weighted by molar-refractivity contribution is 6.20. The van der Waals surface area contributed by atoms with E-state index in [-0.39, 0.29) is 16.7 Å². The Morgan fingerprint density at radius 1 is 1.26 bits per heavy atom. The highest BCUT2D eigenvalue weighted by Gasteiger charge is 2.17. The van der Waals surface area contributed by atoms with Gasteiger partial charge in [0.25, 0.3) is 0 Å². The minimum atomic E-state index is -0.0121. The number of benzene rings is 1. The molecule has 0 bridgehead atoms. The van der Waals surface area contributed by atoms with Crippen molar-refractivity contribution in [3.05, 3.63) is 35.4 Å². The Morgan fingerprint density at radius 3 is 2.37 bits per heavy atom. The molecule has 0 saturated heterocycles. The standard InChI is InChI=1S/C16H24ClNO/c1-12-5-7-13(8-6-12)9-15(19)18-11-14(17)10-16(2,3)4/h5-8,14H,9-11H2,1-4H3,(H,18,19). The molecule has 1 aromatic carbocycles. The van der Waals surface area contributed by atoms with Crippen molar-refractivity contribution in [2.45, 2.75) is 45.9 Å². The van der Waals surface area contributed by atoms with E-state index in [0.717, 1.165) is 12.0 Å². The number of aryl methyl sites for hydroxylation is 1. The maximum atomic E-state index is 11.8. The van der Waals surface area contributed by atoms with Gasteiger partial charge in [0.15, 0.2) is 0 Å². The van der Waals surface area contributed by atoms with Crippen LogP contribution in [0, 0.1) is 12.3 Å². The zero-order chi connectivity index (χ0) is 14.5. The molecule has 1 aromatic rings. The van der Waals surface area contributed by atoms with E-state index in [0.29, 0.717) is 13.0 Å². The number of amides is 1. The van der Waals surface area contributed by atoms with E-state index in [4.69, 9.17) is 11.6 Å². The lowest BCUT2D eigenvalue weighted by atomic mass is 9.90. The average molecular weight is 282 g/mol. The van der Waals surface area contributed by atoms with Crippen molar-refractivity contribution < 1.29 is 4.79 Å². The van der Waals surface area contributed by atoms with Crippen molar-refractivity contribution in [3.63, 3.8) is 0 Å². The van der Waals surface area contributed by atoms with E-state index in [1.54, 1.807) is 0 Å². The smallest absolute Gasteiger partial charge is 0.224 e. The molecule has 19 heavy (non-hydrogen) atoms. The lowest BCUT2D eigenvalue weighted by molar-refractivity contribution is -0.120. The van der Waals surface area contributed by atoms with Crippen molar-refractivity contribution >= 4 is 17.5 Å². The minimum absolute atomic E-state index is 0.0121. The van der Waals surface area contributed by atoms with Crippen molar-refractivity contribution in [3.8, 4) is 0 Å². The Kier molecular flexibility index (Phi) is 5.86. The topological polar surface area (TPSA) is 29.1 Å². The first-order valence-corrected chi connectivity index (χ1v) is 7.16. The Bertz CT molecular complexity index is 406. The van der Waals surface area contributed by atoms with E-state index < -0.39 is 0 Å². The molecule has 3 heteroatoms. The summed E-state index contributed by atoms with van der Waals surface area (Å²) in [6.45, 7) is 9.02. The fourth-order valence-electron chi connectivity index (χ4n) is 1.92. The predicted molar refractivity (Wildman–Crippen MR) is 81.6 cm³/mol. The molecule has 1 atom stereocenters. The van der Waals surface area contributed by atoms with Crippen LogP contribution in [0.4, 0.5) is 0 Å². The summed E-state index contributed by atoms with van der Waals surface area (Å²) in [6.07, 6.45) is 1.30. The van der Waals surface area contributed by atoms with Gasteiger partial charge in [0, 0.05) is 6.54 Å². The molecule has 0 fully saturated rings. The third-order valence-electron chi connectivity index (χ3n) is 2.84. The molecule has 2 nitrogen and oxygen atoms in total. The summed E-state index contributed by atoms with van der Waals surface area (Å²) in [5, 5.41) is 2.89. The molecule has 0 radical (unpaired) electrons. The summed E-state index contributed by atoms with van der Waals surface area (Å²) in [5.74, 6) is 0.0309. The van der Waals surface area contributed by atoms with Gasteiger partial charge in [0.1, 0.15) is 0 Å². The molecule has 1 rings (SSSR count). The summed E-state index contributed by atoms with van der Waals surface area (Å²) in [5.41, 5.74) is 2.42. The van der Waals surface area contributed by atoms with Gasteiger partial charge in [-0.15, -0.1) is 11.6 Å². The van der Waals surface area contributed by atoms with Gasteiger partial charge in [-0.05, 0) is 24.3 Å². The van der Waals surface area contributed by atoms with E-state index >= 15 is 0 Å². The SMILES string of the molecule is Cc1ccc(CC(=O)NCC(Cl)CC(C)(C)C)cc1. The number of alkyl halides is 1. The average Bonchev–Trinajstić information content (AvgIpc) is 2.27. The van der Waals surface area contributed by atoms with Gasteiger partial charge in [-0.1, -0.05) is 50.6 Å². The van der Waals surface area contributed by atoms with Crippen LogP contribution in [-0.2, 0) is 11.2 Å². The second kappa shape index (κ2) is 6.95. The molecule has 0 aromatic heterocycles. The van der Waals surface area contributed by atoms with Crippen LogP contribution in [-0.4, -0.2) is 17.8 Å². The number of rotatable bonds is 5. The van der Waals surface area contributed by atoms with Crippen LogP contribution in [0.2, 0.25) is 0 Å². The lowest BCUT2D eigenvalue weighted by Crippen LogP contribution is -2.32. The second-order valence-corrected chi connectivity index (χ2v) is 6.95. The number of nitrogens with one attached hydrogen (secondary N) is 1. The van der Waals surface area contributed by atoms with Crippen LogP contribution in [0.25, 0.3) is 0 Å². The van der Waals surface area contributed by atoms with Gasteiger partial charge in [-0.2, -0.15) is 0 Å². The fourth-order valence-corrected chi connectivity index (χ4v) is 2.46. The van der Waals surface area contributed by atoms with Crippen LogP contribution in [0.3, 0.4) is 0 Å². The molecule has 0 spiro atoms. The summed E-state index contributed by atoms with van der Waals surface area (Å²) in [7, 11) is 0. The number of carbonyl (C=O) groups excluding carboxylic acids is 1. The first kappa shape index (κ1) is 16.0. The first-order chi connectivity index (χ1) is 8.76. The first-order valence-electron chi connectivity index (χ1n) is 6.72. The van der Waals surface area contributed by atoms with E-state index in [1.807, 2.05) is 31.2 Å². The summed E-state index contributed by atoms with van der Waals surface area (Å²) in [6, 6.07) is 8.02. The van der Waals surface area contributed by atoms with Gasteiger partial charge in [0.2, 0.25) is 5.91 Å². The van der Waals surface area contributed by atoms with Crippen molar-refractivity contribution in [2.75, 3.05) is 6.54 Å². The number of carbonyl (C=O) groups is 1. The molecule has 0 saturated carbocycles. The third-order valence-corrected chi connectivity index (χ3v) is 3.15. The molecule has 106 valence electrons. The molecule has 1 N–H and O–H groups in total. The molecule has 1 unspecified atom stereocenters. The number of hydrogen-bond acceptors (Lipinski definition) is 1. The van der Waals surface area contributed by atoms with Gasteiger partial charge < -0.3 is 5.32 Å². The van der Waals surface area contributed by atoms with Gasteiger partial charge in [-0.25, -0.2) is 0 Å². The monoisotopic (exact) mass is 281 g/mol. The Hall–Kier alpha value is -1.02. The zero-order valence-corrected chi connectivity index (χ0v) is 13.1. The molecular weight excluding hydrogens is 258 g/mol.